The second kappa shape index (κ2) is 7.93. The fraction of sp³-hybridized carbons (Fsp3) is 0.350. The number of aliphatic carboxylic acids is 1. The van der Waals surface area contributed by atoms with E-state index in [1.807, 2.05) is 0 Å². The molecule has 148 valence electrons. The molecule has 1 fully saturated rings. The van der Waals surface area contributed by atoms with E-state index in [-0.39, 0.29) is 38.0 Å². The second-order valence-electron chi connectivity index (χ2n) is 7.05. The topological polar surface area (TPSA) is 99.8 Å². The number of carboxylic acids is 1. The van der Waals surface area contributed by atoms with Crippen LogP contribution in [0.1, 0.15) is 12.0 Å². The van der Waals surface area contributed by atoms with E-state index in [1.165, 1.54) is 46.0 Å². The number of hydrogen-bond donors (Lipinski definition) is 2. The third-order valence-corrected chi connectivity index (χ3v) is 5.20. The molecule has 2 aromatic rings. The van der Waals surface area contributed by atoms with E-state index in [2.05, 4.69) is 0 Å². The molecule has 0 spiro atoms. The molecule has 8 heteroatoms. The first-order valence-corrected chi connectivity index (χ1v) is 8.91. The van der Waals surface area contributed by atoms with Gasteiger partial charge in [-0.05, 0) is 36.6 Å². The van der Waals surface area contributed by atoms with E-state index < -0.39 is 29.2 Å². The number of rotatable bonds is 5. The molecule has 1 aromatic carbocycles. The Morgan fingerprint density at radius 2 is 1.89 bits per heavy atom. The van der Waals surface area contributed by atoms with Crippen molar-refractivity contribution in [2.75, 3.05) is 13.1 Å². The lowest BCUT2D eigenvalue weighted by Gasteiger charge is -2.43. The Labute approximate surface area is 160 Å². The highest BCUT2D eigenvalue weighted by Crippen LogP contribution is 2.35. The van der Waals surface area contributed by atoms with E-state index in [0.717, 1.165) is 0 Å². The SMILES string of the molecule is O=C(Cn1ccccc1=O)N1CC[C@@H](O)[C@](Cc2ccc(F)cc2)(C(=O)O)C1. The van der Waals surface area contributed by atoms with Crippen LogP contribution in [0.15, 0.2) is 53.5 Å². The molecular formula is C20H21FN2O5. The first-order chi connectivity index (χ1) is 13.3. The zero-order chi connectivity index (χ0) is 20.3. The van der Waals surface area contributed by atoms with Crippen molar-refractivity contribution < 1.29 is 24.2 Å². The highest BCUT2D eigenvalue weighted by Gasteiger charge is 2.50. The van der Waals surface area contributed by atoms with Gasteiger partial charge in [-0.15, -0.1) is 0 Å². The van der Waals surface area contributed by atoms with Crippen molar-refractivity contribution in [1.29, 1.82) is 0 Å². The van der Waals surface area contributed by atoms with E-state index >= 15 is 0 Å². The monoisotopic (exact) mass is 388 g/mol. The van der Waals surface area contributed by atoms with Crippen molar-refractivity contribution in [2.24, 2.45) is 5.41 Å². The average Bonchev–Trinajstić information content (AvgIpc) is 2.67. The van der Waals surface area contributed by atoms with Crippen LogP contribution < -0.4 is 5.56 Å². The number of carboxylic acid groups (broad SMARTS) is 1. The summed E-state index contributed by atoms with van der Waals surface area (Å²) in [6, 6.07) is 9.93. The minimum Gasteiger partial charge on any atom is -0.481 e. The lowest BCUT2D eigenvalue weighted by atomic mass is 9.73. The fourth-order valence-corrected chi connectivity index (χ4v) is 3.56. The molecule has 2 N–H and O–H groups in total. The van der Waals surface area contributed by atoms with Gasteiger partial charge in [-0.1, -0.05) is 18.2 Å². The number of aliphatic hydroxyl groups is 1. The number of halogens is 1. The van der Waals surface area contributed by atoms with Crippen LogP contribution in [0.2, 0.25) is 0 Å². The van der Waals surface area contributed by atoms with Gasteiger partial charge in [0.05, 0.1) is 6.10 Å². The van der Waals surface area contributed by atoms with Crippen molar-refractivity contribution in [1.82, 2.24) is 9.47 Å². The molecular weight excluding hydrogens is 367 g/mol. The summed E-state index contributed by atoms with van der Waals surface area (Å²) >= 11 is 0. The molecule has 0 aliphatic carbocycles. The highest BCUT2D eigenvalue weighted by molar-refractivity contribution is 5.80. The summed E-state index contributed by atoms with van der Waals surface area (Å²) in [5, 5.41) is 20.4. The lowest BCUT2D eigenvalue weighted by molar-refractivity contribution is -0.166. The lowest BCUT2D eigenvalue weighted by Crippen LogP contribution is -2.58. The maximum absolute atomic E-state index is 13.2. The molecule has 1 saturated heterocycles. The molecule has 1 aromatic heterocycles. The van der Waals surface area contributed by atoms with Gasteiger partial charge in [-0.25, -0.2) is 4.39 Å². The number of nitrogens with zero attached hydrogens (tertiary/aromatic N) is 2. The van der Waals surface area contributed by atoms with Gasteiger partial charge in [-0.3, -0.25) is 14.4 Å². The van der Waals surface area contributed by atoms with E-state index in [0.29, 0.717) is 5.56 Å². The van der Waals surface area contributed by atoms with Crippen LogP contribution in [0.25, 0.3) is 0 Å². The Morgan fingerprint density at radius 3 is 2.54 bits per heavy atom. The van der Waals surface area contributed by atoms with Crippen molar-refractivity contribution in [3.05, 3.63) is 70.4 Å². The van der Waals surface area contributed by atoms with Crippen molar-refractivity contribution in [3.8, 4) is 0 Å². The van der Waals surface area contributed by atoms with Gasteiger partial charge in [-0.2, -0.15) is 0 Å². The van der Waals surface area contributed by atoms with E-state index in [9.17, 15) is 29.0 Å². The Kier molecular flexibility index (Phi) is 5.60. The largest absolute Gasteiger partial charge is 0.481 e. The highest BCUT2D eigenvalue weighted by atomic mass is 19.1. The standard InChI is InChI=1S/C20H21FN2O5/c21-15-6-4-14(5-7-15)11-20(19(27)28)13-23(10-8-16(20)24)18(26)12-22-9-2-1-3-17(22)25/h1-7,9,16,24H,8,10-13H2,(H,27,28)/t16-,20-/m1/s1. The maximum atomic E-state index is 13.2. The summed E-state index contributed by atoms with van der Waals surface area (Å²) < 4.78 is 14.4. The van der Waals surface area contributed by atoms with Gasteiger partial charge in [0.15, 0.2) is 0 Å². The minimum absolute atomic E-state index is 0.0428. The van der Waals surface area contributed by atoms with Crippen molar-refractivity contribution in [2.45, 2.75) is 25.5 Å². The zero-order valence-corrected chi connectivity index (χ0v) is 15.1. The van der Waals surface area contributed by atoms with Crippen LogP contribution in [0.4, 0.5) is 4.39 Å². The molecule has 3 rings (SSSR count). The number of pyridine rings is 1. The Morgan fingerprint density at radius 1 is 1.18 bits per heavy atom. The van der Waals surface area contributed by atoms with Crippen LogP contribution in [0.3, 0.4) is 0 Å². The summed E-state index contributed by atoms with van der Waals surface area (Å²) in [7, 11) is 0. The number of aromatic nitrogens is 1. The second-order valence-corrected chi connectivity index (χ2v) is 7.05. The minimum atomic E-state index is -1.60. The number of benzene rings is 1. The molecule has 0 saturated carbocycles. The molecule has 2 atom stereocenters. The van der Waals surface area contributed by atoms with Crippen molar-refractivity contribution >= 4 is 11.9 Å². The molecule has 1 aliphatic heterocycles. The molecule has 1 amide bonds. The maximum Gasteiger partial charge on any atom is 0.314 e. The Hall–Kier alpha value is -3.00. The molecule has 0 radical (unpaired) electrons. The summed E-state index contributed by atoms with van der Waals surface area (Å²) in [6.45, 7) is -0.205. The number of carbonyl (C=O) groups is 2. The molecule has 0 bridgehead atoms. The molecule has 1 aliphatic rings. The number of hydrogen-bond acceptors (Lipinski definition) is 4. The van der Waals surface area contributed by atoms with Crippen molar-refractivity contribution in [3.63, 3.8) is 0 Å². The van der Waals surface area contributed by atoms with Crippen LogP contribution in [0, 0.1) is 11.2 Å². The zero-order valence-electron chi connectivity index (χ0n) is 15.1. The van der Waals surface area contributed by atoms with Gasteiger partial charge >= 0.3 is 5.97 Å². The predicted molar refractivity (Wildman–Crippen MR) is 98.1 cm³/mol. The quantitative estimate of drug-likeness (QED) is 0.793. The smallest absolute Gasteiger partial charge is 0.314 e. The summed E-state index contributed by atoms with van der Waals surface area (Å²) in [5.74, 6) is -2.06. The van der Waals surface area contributed by atoms with Crippen LogP contribution in [0.5, 0.6) is 0 Å². The number of amides is 1. The first-order valence-electron chi connectivity index (χ1n) is 8.91. The predicted octanol–water partition coefficient (Wildman–Crippen LogP) is 0.894. The van der Waals surface area contributed by atoms with E-state index in [1.54, 1.807) is 12.1 Å². The fourth-order valence-electron chi connectivity index (χ4n) is 3.56. The van der Waals surface area contributed by atoms with Gasteiger partial charge in [0.2, 0.25) is 5.91 Å². The normalized spacial score (nSPS) is 22.1. The molecule has 28 heavy (non-hydrogen) atoms. The average molecular weight is 388 g/mol. The van der Waals surface area contributed by atoms with Gasteiger partial charge in [0.1, 0.15) is 17.8 Å². The molecule has 2 heterocycles. The van der Waals surface area contributed by atoms with Gasteiger partial charge < -0.3 is 19.7 Å². The molecule has 0 unspecified atom stereocenters. The van der Waals surface area contributed by atoms with Gasteiger partial charge in [0, 0.05) is 25.4 Å². The third kappa shape index (κ3) is 3.96. The summed E-state index contributed by atoms with van der Waals surface area (Å²) in [6.07, 6.45) is 0.391. The third-order valence-electron chi connectivity index (χ3n) is 5.20. The van der Waals surface area contributed by atoms with Crippen LogP contribution in [-0.2, 0) is 22.6 Å². The number of piperidine rings is 1. The van der Waals surface area contributed by atoms with Crippen LogP contribution >= 0.6 is 0 Å². The van der Waals surface area contributed by atoms with E-state index in [4.69, 9.17) is 0 Å². The Bertz CT molecular complexity index is 927. The number of likely N-dealkylation sites (tertiary alicyclic amines) is 1. The number of carbonyl (C=O) groups excluding carboxylic acids is 1. The van der Waals surface area contributed by atoms with Gasteiger partial charge in [0.25, 0.3) is 5.56 Å². The Balaban J connectivity index is 1.83. The molecule has 7 nitrogen and oxygen atoms in total. The summed E-state index contributed by atoms with van der Waals surface area (Å²) in [5.41, 5.74) is -1.38. The van der Waals surface area contributed by atoms with Crippen LogP contribution in [-0.4, -0.2) is 50.8 Å². The first kappa shape index (κ1) is 19.8. The number of aliphatic hydroxyl groups excluding tert-OH is 1. The summed E-state index contributed by atoms with van der Waals surface area (Å²) in [4.78, 5) is 38.0.